The number of piperazine rings is 1. The fourth-order valence-electron chi connectivity index (χ4n) is 4.72. The van der Waals surface area contributed by atoms with Crippen LogP contribution in [0, 0.1) is 11.6 Å². The van der Waals surface area contributed by atoms with Gasteiger partial charge >= 0.3 is 0 Å². The van der Waals surface area contributed by atoms with Crippen LogP contribution in [0.15, 0.2) is 77.7 Å². The van der Waals surface area contributed by atoms with Gasteiger partial charge in [-0.1, -0.05) is 24.3 Å². The molecule has 1 saturated heterocycles. The number of aliphatic hydroxyl groups excluding tert-OH is 1. The third-order valence-electron chi connectivity index (χ3n) is 6.72. The molecule has 0 saturated carbocycles. The number of phenolic OH excluding ortho intramolecular Hbond substituents is 1. The molecule has 1 aliphatic rings. The van der Waals surface area contributed by atoms with Gasteiger partial charge in [0.05, 0.1) is 6.10 Å². The molecule has 7 heteroatoms. The molecule has 4 nitrogen and oxygen atoms in total. The Bertz CT molecular complexity index is 1010. The first kappa shape index (κ1) is 26.6. The van der Waals surface area contributed by atoms with E-state index in [-0.39, 0.29) is 23.3 Å². The molecule has 0 spiro atoms. The van der Waals surface area contributed by atoms with Crippen molar-refractivity contribution in [1.82, 2.24) is 9.80 Å². The normalized spacial score (nSPS) is 15.9. The molecule has 0 radical (unpaired) electrons. The zero-order chi connectivity index (χ0) is 25.3. The fourth-order valence-corrected chi connectivity index (χ4v) is 5.53. The molecule has 0 aromatic heterocycles. The molecule has 1 unspecified atom stereocenters. The Labute approximate surface area is 216 Å². The molecule has 2 N–H and O–H groups in total. The minimum absolute atomic E-state index is 0.105. The van der Waals surface area contributed by atoms with Crippen molar-refractivity contribution in [3.63, 3.8) is 0 Å². The van der Waals surface area contributed by atoms with Crippen molar-refractivity contribution in [3.05, 3.63) is 95.6 Å². The van der Waals surface area contributed by atoms with E-state index in [0.29, 0.717) is 12.3 Å². The second-order valence-corrected chi connectivity index (χ2v) is 10.5. The van der Waals surface area contributed by atoms with E-state index in [4.69, 9.17) is 0 Å². The van der Waals surface area contributed by atoms with E-state index in [1.165, 1.54) is 24.3 Å². The number of aliphatic hydroxyl groups is 1. The number of aromatic hydroxyl groups is 1. The first-order chi connectivity index (χ1) is 17.5. The number of halogens is 2. The number of thioether (sulfide) groups is 1. The number of hydrogen-bond donors (Lipinski definition) is 2. The lowest BCUT2D eigenvalue weighted by molar-refractivity contribution is 0.0819. The maximum atomic E-state index is 13.5. The van der Waals surface area contributed by atoms with Crippen LogP contribution in [-0.4, -0.2) is 71.1 Å². The van der Waals surface area contributed by atoms with Crippen molar-refractivity contribution in [2.24, 2.45) is 0 Å². The summed E-state index contributed by atoms with van der Waals surface area (Å²) in [5.41, 5.74) is 2.10. The molecule has 3 aromatic carbocycles. The van der Waals surface area contributed by atoms with E-state index in [1.54, 1.807) is 23.9 Å². The second kappa shape index (κ2) is 13.2. The maximum absolute atomic E-state index is 13.5. The Morgan fingerprint density at radius 3 is 1.83 bits per heavy atom. The summed E-state index contributed by atoms with van der Waals surface area (Å²) in [6.45, 7) is 5.44. The number of nitrogens with zero attached hydrogens (tertiary/aromatic N) is 2. The predicted octanol–water partition coefficient (Wildman–Crippen LogP) is 5.35. The van der Waals surface area contributed by atoms with Crippen LogP contribution < -0.4 is 0 Å². The highest BCUT2D eigenvalue weighted by molar-refractivity contribution is 7.99. The van der Waals surface area contributed by atoms with Gasteiger partial charge in [0, 0.05) is 49.3 Å². The topological polar surface area (TPSA) is 46.9 Å². The molecular weight excluding hydrogens is 478 g/mol. The zero-order valence-electron chi connectivity index (χ0n) is 20.4. The van der Waals surface area contributed by atoms with Crippen LogP contribution in [0.25, 0.3) is 0 Å². The molecule has 192 valence electrons. The quantitative estimate of drug-likeness (QED) is 0.339. The van der Waals surface area contributed by atoms with E-state index >= 15 is 0 Å². The van der Waals surface area contributed by atoms with Gasteiger partial charge in [-0.2, -0.15) is 0 Å². The summed E-state index contributed by atoms with van der Waals surface area (Å²) < 4.78 is 26.9. The van der Waals surface area contributed by atoms with Gasteiger partial charge in [0.25, 0.3) is 0 Å². The molecule has 36 heavy (non-hydrogen) atoms. The molecule has 1 fully saturated rings. The first-order valence-electron chi connectivity index (χ1n) is 12.5. The van der Waals surface area contributed by atoms with E-state index < -0.39 is 6.10 Å². The highest BCUT2D eigenvalue weighted by atomic mass is 32.2. The number of β-amino-alcohol motifs (C(OH)–C–C–N with tert-alkyl or cyclic N) is 1. The summed E-state index contributed by atoms with van der Waals surface area (Å²) in [6.07, 6.45) is 1.50. The fraction of sp³-hybridized carbons (Fsp3) is 0.379. The third-order valence-corrected chi connectivity index (χ3v) is 7.88. The van der Waals surface area contributed by atoms with Crippen LogP contribution >= 0.6 is 11.8 Å². The SMILES string of the molecule is Oc1ccc(SCC(O)CN2CCN(CCCC(c3ccc(F)cc3)c3ccc(F)cc3)CC2)cc1. The van der Waals surface area contributed by atoms with Gasteiger partial charge in [0.1, 0.15) is 17.4 Å². The van der Waals surface area contributed by atoms with Crippen molar-refractivity contribution in [2.75, 3.05) is 45.0 Å². The Kier molecular flexibility index (Phi) is 9.75. The monoisotopic (exact) mass is 512 g/mol. The van der Waals surface area contributed by atoms with Gasteiger partial charge in [-0.15, -0.1) is 11.8 Å². The molecule has 0 amide bonds. The minimum Gasteiger partial charge on any atom is -0.508 e. The van der Waals surface area contributed by atoms with E-state index in [0.717, 1.165) is 61.6 Å². The molecule has 4 rings (SSSR count). The highest BCUT2D eigenvalue weighted by Crippen LogP contribution is 2.30. The van der Waals surface area contributed by atoms with Crippen LogP contribution in [0.5, 0.6) is 5.75 Å². The Hall–Kier alpha value is -2.45. The molecule has 1 aliphatic heterocycles. The van der Waals surface area contributed by atoms with Crippen molar-refractivity contribution < 1.29 is 19.0 Å². The van der Waals surface area contributed by atoms with Gasteiger partial charge in [-0.05, 0) is 79.0 Å². The Morgan fingerprint density at radius 1 is 0.750 bits per heavy atom. The molecule has 0 aliphatic carbocycles. The van der Waals surface area contributed by atoms with Crippen LogP contribution in [-0.2, 0) is 0 Å². The largest absolute Gasteiger partial charge is 0.508 e. The van der Waals surface area contributed by atoms with E-state index in [1.807, 2.05) is 36.4 Å². The van der Waals surface area contributed by atoms with Gasteiger partial charge in [-0.25, -0.2) is 8.78 Å². The highest BCUT2D eigenvalue weighted by Gasteiger charge is 2.20. The van der Waals surface area contributed by atoms with E-state index in [9.17, 15) is 19.0 Å². The van der Waals surface area contributed by atoms with Crippen molar-refractivity contribution in [1.29, 1.82) is 0 Å². The predicted molar refractivity (Wildman–Crippen MR) is 142 cm³/mol. The lowest BCUT2D eigenvalue weighted by atomic mass is 9.87. The second-order valence-electron chi connectivity index (χ2n) is 9.40. The lowest BCUT2D eigenvalue weighted by Crippen LogP contribution is -2.49. The lowest BCUT2D eigenvalue weighted by Gasteiger charge is -2.35. The molecular formula is C29H34F2N2O2S. The van der Waals surface area contributed by atoms with Crippen LogP contribution in [0.1, 0.15) is 29.9 Å². The average Bonchev–Trinajstić information content (AvgIpc) is 2.89. The van der Waals surface area contributed by atoms with Crippen LogP contribution in [0.4, 0.5) is 8.78 Å². The number of hydrogen-bond acceptors (Lipinski definition) is 5. The number of rotatable bonds is 11. The van der Waals surface area contributed by atoms with Gasteiger partial charge in [-0.3, -0.25) is 4.90 Å². The summed E-state index contributed by atoms with van der Waals surface area (Å²) in [5, 5.41) is 19.8. The smallest absolute Gasteiger partial charge is 0.123 e. The summed E-state index contributed by atoms with van der Waals surface area (Å²) in [4.78, 5) is 5.81. The summed E-state index contributed by atoms with van der Waals surface area (Å²) >= 11 is 1.60. The van der Waals surface area contributed by atoms with Crippen LogP contribution in [0.3, 0.4) is 0 Å². The van der Waals surface area contributed by atoms with Gasteiger partial charge < -0.3 is 15.1 Å². The summed E-state index contributed by atoms with van der Waals surface area (Å²) in [5.74, 6) is 0.476. The number of phenols is 1. The first-order valence-corrected chi connectivity index (χ1v) is 13.5. The zero-order valence-corrected chi connectivity index (χ0v) is 21.2. The molecule has 1 atom stereocenters. The van der Waals surface area contributed by atoms with E-state index in [2.05, 4.69) is 9.80 Å². The molecule has 0 bridgehead atoms. The van der Waals surface area contributed by atoms with Crippen molar-refractivity contribution in [3.8, 4) is 5.75 Å². The Balaban J connectivity index is 1.20. The van der Waals surface area contributed by atoms with Crippen molar-refractivity contribution in [2.45, 2.75) is 29.8 Å². The third kappa shape index (κ3) is 8.03. The maximum Gasteiger partial charge on any atom is 0.123 e. The molecule has 3 aromatic rings. The standard InChI is InChI=1S/C29H34F2N2O2S/c30-24-7-3-22(4-8-24)29(23-5-9-25(31)10-6-23)2-1-15-32-16-18-33(19-17-32)20-27(35)21-36-28-13-11-26(34)12-14-28/h3-14,27,29,34-35H,1-2,15-21H2. The summed E-state index contributed by atoms with van der Waals surface area (Å²) in [7, 11) is 0. The summed E-state index contributed by atoms with van der Waals surface area (Å²) in [6, 6.07) is 20.3. The van der Waals surface area contributed by atoms with Gasteiger partial charge in [0.15, 0.2) is 0 Å². The average molecular weight is 513 g/mol. The Morgan fingerprint density at radius 2 is 1.28 bits per heavy atom. The van der Waals surface area contributed by atoms with Crippen molar-refractivity contribution >= 4 is 11.8 Å². The van der Waals surface area contributed by atoms with Gasteiger partial charge in [0.2, 0.25) is 0 Å². The van der Waals surface area contributed by atoms with Crippen LogP contribution in [0.2, 0.25) is 0 Å². The minimum atomic E-state index is -0.400. The molecule has 1 heterocycles. The number of benzene rings is 3.